The Bertz CT molecular complexity index is 461. The van der Waals surface area contributed by atoms with Gasteiger partial charge in [-0.15, -0.1) is 0 Å². The third kappa shape index (κ3) is 3.09. The number of methoxy groups -OCH3 is 1. The van der Waals surface area contributed by atoms with Crippen molar-refractivity contribution in [2.24, 2.45) is 5.92 Å². The summed E-state index contributed by atoms with van der Waals surface area (Å²) < 4.78 is 5.13. The fraction of sp³-hybridized carbons (Fsp3) is 0.500. The number of ether oxygens (including phenoxy) is 1. The topological polar surface area (TPSA) is 49.9 Å². The van der Waals surface area contributed by atoms with E-state index in [0.717, 1.165) is 30.0 Å². The Hall–Kier alpha value is -1.39. The molecule has 0 radical (unpaired) electrons. The molecule has 1 aromatic carbocycles. The number of H-pyrrole nitrogens is 1. The number of fused-ring (bicyclic) bond motifs is 1. The van der Waals surface area contributed by atoms with E-state index in [-0.39, 0.29) is 6.04 Å². The highest BCUT2D eigenvalue weighted by Gasteiger charge is 2.11. The van der Waals surface area contributed by atoms with Gasteiger partial charge in [-0.25, -0.2) is 4.98 Å². The minimum atomic E-state index is 0.219. The van der Waals surface area contributed by atoms with Crippen molar-refractivity contribution < 1.29 is 4.74 Å². The highest BCUT2D eigenvalue weighted by molar-refractivity contribution is 5.74. The van der Waals surface area contributed by atoms with Crippen molar-refractivity contribution in [2.75, 3.05) is 20.3 Å². The summed E-state index contributed by atoms with van der Waals surface area (Å²) in [5, 5.41) is 3.47. The van der Waals surface area contributed by atoms with Crippen LogP contribution in [0.3, 0.4) is 0 Å². The van der Waals surface area contributed by atoms with Gasteiger partial charge in [0.1, 0.15) is 5.82 Å². The molecule has 0 fully saturated rings. The van der Waals surface area contributed by atoms with Gasteiger partial charge >= 0.3 is 0 Å². The highest BCUT2D eigenvalue weighted by Crippen LogP contribution is 2.15. The predicted octanol–water partition coefficient (Wildman–Crippen LogP) is 2.50. The largest absolute Gasteiger partial charge is 0.384 e. The van der Waals surface area contributed by atoms with Crippen molar-refractivity contribution >= 4 is 11.0 Å². The van der Waals surface area contributed by atoms with Gasteiger partial charge in [0.25, 0.3) is 0 Å². The zero-order valence-corrected chi connectivity index (χ0v) is 11.2. The molecular weight excluding hydrogens is 226 g/mol. The van der Waals surface area contributed by atoms with E-state index in [4.69, 9.17) is 4.74 Å². The zero-order valence-electron chi connectivity index (χ0n) is 11.2. The lowest BCUT2D eigenvalue weighted by Gasteiger charge is -2.15. The van der Waals surface area contributed by atoms with E-state index in [1.807, 2.05) is 24.3 Å². The molecule has 2 rings (SSSR count). The van der Waals surface area contributed by atoms with Crippen molar-refractivity contribution in [1.29, 1.82) is 0 Å². The quantitative estimate of drug-likeness (QED) is 0.824. The highest BCUT2D eigenvalue weighted by atomic mass is 16.5. The molecule has 4 nitrogen and oxygen atoms in total. The first-order chi connectivity index (χ1) is 8.70. The van der Waals surface area contributed by atoms with E-state index in [2.05, 4.69) is 29.1 Å². The fourth-order valence-electron chi connectivity index (χ4n) is 2.00. The minimum Gasteiger partial charge on any atom is -0.384 e. The smallest absolute Gasteiger partial charge is 0.124 e. The van der Waals surface area contributed by atoms with Gasteiger partial charge in [-0.3, -0.25) is 0 Å². The number of aromatic amines is 1. The van der Waals surface area contributed by atoms with Gasteiger partial charge in [-0.2, -0.15) is 0 Å². The summed E-state index contributed by atoms with van der Waals surface area (Å²) >= 11 is 0. The van der Waals surface area contributed by atoms with Crippen molar-refractivity contribution in [3.63, 3.8) is 0 Å². The lowest BCUT2D eigenvalue weighted by molar-refractivity contribution is 0.157. The fourth-order valence-corrected chi connectivity index (χ4v) is 2.00. The molecule has 0 amide bonds. The van der Waals surface area contributed by atoms with Crippen LogP contribution in [-0.4, -0.2) is 30.2 Å². The number of benzene rings is 1. The van der Waals surface area contributed by atoms with Crippen molar-refractivity contribution in [3.05, 3.63) is 30.1 Å². The molecule has 0 aliphatic carbocycles. The molecule has 18 heavy (non-hydrogen) atoms. The molecule has 2 N–H and O–H groups in total. The summed E-state index contributed by atoms with van der Waals surface area (Å²) in [6.45, 7) is 5.99. The molecule has 1 aromatic heterocycles. The molecular formula is C14H21N3O. The van der Waals surface area contributed by atoms with Crippen molar-refractivity contribution in [1.82, 2.24) is 15.3 Å². The number of hydrogen-bond acceptors (Lipinski definition) is 3. The van der Waals surface area contributed by atoms with Gasteiger partial charge in [-0.05, 0) is 25.0 Å². The Morgan fingerprint density at radius 1 is 1.33 bits per heavy atom. The molecule has 2 atom stereocenters. The Morgan fingerprint density at radius 3 is 2.83 bits per heavy atom. The first-order valence-electron chi connectivity index (χ1n) is 6.37. The molecule has 0 saturated carbocycles. The van der Waals surface area contributed by atoms with Crippen molar-refractivity contribution in [3.8, 4) is 0 Å². The number of hydrogen-bond donors (Lipinski definition) is 2. The van der Waals surface area contributed by atoms with Crippen LogP contribution < -0.4 is 5.32 Å². The third-order valence-corrected chi connectivity index (χ3v) is 3.04. The van der Waals surface area contributed by atoms with E-state index in [1.54, 1.807) is 7.11 Å². The summed E-state index contributed by atoms with van der Waals surface area (Å²) in [7, 11) is 1.74. The normalized spacial score (nSPS) is 14.8. The number of rotatable bonds is 6. The molecule has 0 bridgehead atoms. The molecule has 4 heteroatoms. The predicted molar refractivity (Wildman–Crippen MR) is 73.6 cm³/mol. The van der Waals surface area contributed by atoms with Crippen molar-refractivity contribution in [2.45, 2.75) is 19.9 Å². The molecule has 0 aliphatic rings. The maximum Gasteiger partial charge on any atom is 0.124 e. The first-order valence-corrected chi connectivity index (χ1v) is 6.37. The van der Waals surface area contributed by atoms with Gasteiger partial charge < -0.3 is 15.0 Å². The maximum absolute atomic E-state index is 5.13. The van der Waals surface area contributed by atoms with E-state index in [9.17, 15) is 0 Å². The Kier molecular flexibility index (Phi) is 4.33. The summed E-state index contributed by atoms with van der Waals surface area (Å²) in [4.78, 5) is 7.93. The van der Waals surface area contributed by atoms with Gasteiger partial charge in [0.05, 0.1) is 17.1 Å². The summed E-state index contributed by atoms with van der Waals surface area (Å²) in [5.41, 5.74) is 2.11. The second kappa shape index (κ2) is 5.98. The molecule has 0 spiro atoms. The summed E-state index contributed by atoms with van der Waals surface area (Å²) in [5.74, 6) is 1.49. The van der Waals surface area contributed by atoms with Gasteiger partial charge in [-0.1, -0.05) is 19.1 Å². The molecule has 98 valence electrons. The summed E-state index contributed by atoms with van der Waals surface area (Å²) in [6, 6.07) is 8.31. The SMILES string of the molecule is COCC(C)CNC(C)c1nc2ccccc2[nH]1. The van der Waals surface area contributed by atoms with Crippen LogP contribution >= 0.6 is 0 Å². The average Bonchev–Trinajstić information content (AvgIpc) is 2.80. The number of imidazole rings is 1. The van der Waals surface area contributed by atoms with E-state index in [1.165, 1.54) is 0 Å². The second-order valence-corrected chi connectivity index (χ2v) is 4.83. The van der Waals surface area contributed by atoms with E-state index >= 15 is 0 Å². The Labute approximate surface area is 108 Å². The second-order valence-electron chi connectivity index (χ2n) is 4.83. The number of aromatic nitrogens is 2. The van der Waals surface area contributed by atoms with E-state index < -0.39 is 0 Å². The number of nitrogens with one attached hydrogen (secondary N) is 2. The van der Waals surface area contributed by atoms with Gasteiger partial charge in [0.2, 0.25) is 0 Å². The molecule has 2 aromatic rings. The van der Waals surface area contributed by atoms with Crippen LogP contribution in [0.15, 0.2) is 24.3 Å². The Balaban J connectivity index is 1.98. The Morgan fingerprint density at radius 2 is 2.11 bits per heavy atom. The van der Waals surface area contributed by atoms with Crippen LogP contribution in [0.1, 0.15) is 25.7 Å². The first kappa shape index (κ1) is 13.1. The van der Waals surface area contributed by atoms with Crippen LogP contribution in [-0.2, 0) is 4.74 Å². The monoisotopic (exact) mass is 247 g/mol. The number of para-hydroxylation sites is 2. The van der Waals surface area contributed by atoms with Crippen LogP contribution in [0.4, 0.5) is 0 Å². The standard InChI is InChI=1S/C14H21N3O/c1-10(9-18-3)8-15-11(2)14-16-12-6-4-5-7-13(12)17-14/h4-7,10-11,15H,8-9H2,1-3H3,(H,16,17). The minimum absolute atomic E-state index is 0.219. The lowest BCUT2D eigenvalue weighted by atomic mass is 10.2. The zero-order chi connectivity index (χ0) is 13.0. The third-order valence-electron chi connectivity index (χ3n) is 3.04. The number of nitrogens with zero attached hydrogens (tertiary/aromatic N) is 1. The van der Waals surface area contributed by atoms with Crippen LogP contribution in [0.2, 0.25) is 0 Å². The summed E-state index contributed by atoms with van der Waals surface area (Å²) in [6.07, 6.45) is 0. The van der Waals surface area contributed by atoms with Gasteiger partial charge in [0.15, 0.2) is 0 Å². The lowest BCUT2D eigenvalue weighted by Crippen LogP contribution is -2.27. The van der Waals surface area contributed by atoms with Gasteiger partial charge in [0, 0.05) is 20.3 Å². The molecule has 1 heterocycles. The maximum atomic E-state index is 5.13. The van der Waals surface area contributed by atoms with Crippen LogP contribution in [0.5, 0.6) is 0 Å². The van der Waals surface area contributed by atoms with Crippen LogP contribution in [0, 0.1) is 5.92 Å². The molecule has 0 saturated heterocycles. The molecule has 0 aliphatic heterocycles. The molecule has 2 unspecified atom stereocenters. The van der Waals surface area contributed by atoms with Crippen LogP contribution in [0.25, 0.3) is 11.0 Å². The average molecular weight is 247 g/mol. The van der Waals surface area contributed by atoms with E-state index in [0.29, 0.717) is 5.92 Å².